The van der Waals surface area contributed by atoms with E-state index in [9.17, 15) is 14.0 Å². The number of benzene rings is 2. The minimum Gasteiger partial charge on any atom is -0.465 e. The van der Waals surface area contributed by atoms with E-state index in [0.29, 0.717) is 33.9 Å². The summed E-state index contributed by atoms with van der Waals surface area (Å²) in [6.45, 7) is 1.70. The minimum atomic E-state index is -0.450. The zero-order chi connectivity index (χ0) is 19.4. The van der Waals surface area contributed by atoms with Crippen LogP contribution < -0.4 is 5.32 Å². The SMILES string of the molecule is COC(=O)c1ccc(NC(=O)c2cnc(-c3ccc(F)cc3)nc2C)cc1. The summed E-state index contributed by atoms with van der Waals surface area (Å²) in [5, 5.41) is 2.73. The molecule has 0 fully saturated rings. The van der Waals surface area contributed by atoms with Gasteiger partial charge in [-0.1, -0.05) is 0 Å². The number of aryl methyl sites for hydroxylation is 1. The quantitative estimate of drug-likeness (QED) is 0.714. The number of rotatable bonds is 4. The molecule has 0 unspecified atom stereocenters. The van der Waals surface area contributed by atoms with Crippen LogP contribution in [0.1, 0.15) is 26.4 Å². The monoisotopic (exact) mass is 365 g/mol. The summed E-state index contributed by atoms with van der Waals surface area (Å²) in [6, 6.07) is 12.1. The number of hydrogen-bond donors (Lipinski definition) is 1. The summed E-state index contributed by atoms with van der Waals surface area (Å²) in [4.78, 5) is 32.4. The second kappa shape index (κ2) is 7.74. The number of nitrogens with zero attached hydrogens (tertiary/aromatic N) is 2. The van der Waals surface area contributed by atoms with Crippen molar-refractivity contribution in [3.05, 3.63) is 77.4 Å². The fourth-order valence-corrected chi connectivity index (χ4v) is 2.43. The molecule has 1 aromatic heterocycles. The molecule has 0 saturated carbocycles. The van der Waals surface area contributed by atoms with Crippen molar-refractivity contribution in [2.75, 3.05) is 12.4 Å². The van der Waals surface area contributed by atoms with Crippen LogP contribution in [0.15, 0.2) is 54.7 Å². The number of carbonyl (C=O) groups is 2. The normalized spacial score (nSPS) is 10.3. The molecule has 7 heteroatoms. The molecular formula is C20H16FN3O3. The Hall–Kier alpha value is -3.61. The third-order valence-corrected chi connectivity index (χ3v) is 3.89. The molecule has 136 valence electrons. The van der Waals surface area contributed by atoms with Crippen LogP contribution >= 0.6 is 0 Å². The van der Waals surface area contributed by atoms with Crippen molar-refractivity contribution >= 4 is 17.6 Å². The smallest absolute Gasteiger partial charge is 0.337 e. The van der Waals surface area contributed by atoms with Crippen molar-refractivity contribution in [1.29, 1.82) is 0 Å². The second-order valence-corrected chi connectivity index (χ2v) is 5.72. The van der Waals surface area contributed by atoms with Crippen LogP contribution in [0, 0.1) is 12.7 Å². The molecule has 0 atom stereocenters. The summed E-state index contributed by atoms with van der Waals surface area (Å²) >= 11 is 0. The van der Waals surface area contributed by atoms with Gasteiger partial charge in [-0.25, -0.2) is 19.2 Å². The first-order chi connectivity index (χ1) is 13.0. The number of halogens is 1. The van der Waals surface area contributed by atoms with Crippen LogP contribution in [0.3, 0.4) is 0 Å². The highest BCUT2D eigenvalue weighted by Crippen LogP contribution is 2.18. The van der Waals surface area contributed by atoms with Crippen molar-refractivity contribution in [2.45, 2.75) is 6.92 Å². The Morgan fingerprint density at radius 3 is 2.30 bits per heavy atom. The number of nitrogens with one attached hydrogen (secondary N) is 1. The van der Waals surface area contributed by atoms with Gasteiger partial charge in [0.05, 0.1) is 23.9 Å². The molecule has 27 heavy (non-hydrogen) atoms. The minimum absolute atomic E-state index is 0.318. The lowest BCUT2D eigenvalue weighted by Gasteiger charge is -2.09. The molecule has 0 bridgehead atoms. The molecule has 3 rings (SSSR count). The molecule has 0 radical (unpaired) electrons. The Balaban J connectivity index is 1.77. The average molecular weight is 365 g/mol. The molecule has 0 spiro atoms. The summed E-state index contributed by atoms with van der Waals surface area (Å²) in [5.74, 6) is -0.756. The van der Waals surface area contributed by atoms with Gasteiger partial charge in [0.15, 0.2) is 5.82 Å². The van der Waals surface area contributed by atoms with Gasteiger partial charge in [-0.05, 0) is 55.5 Å². The standard InChI is InChI=1S/C20H16FN3O3/c1-12-17(11-22-18(23-12)13-3-7-15(21)8-4-13)19(25)24-16-9-5-14(6-10-16)20(26)27-2/h3-11H,1-2H3,(H,24,25). The number of carbonyl (C=O) groups excluding carboxylic acids is 2. The number of ether oxygens (including phenoxy) is 1. The Labute approximate surface area is 155 Å². The number of amides is 1. The molecule has 1 heterocycles. The zero-order valence-electron chi connectivity index (χ0n) is 14.7. The van der Waals surface area contributed by atoms with Crippen molar-refractivity contribution in [2.24, 2.45) is 0 Å². The lowest BCUT2D eigenvalue weighted by atomic mass is 10.1. The Bertz CT molecular complexity index is 986. The van der Waals surface area contributed by atoms with E-state index in [1.807, 2.05) is 0 Å². The van der Waals surface area contributed by atoms with E-state index >= 15 is 0 Å². The molecule has 0 aliphatic rings. The zero-order valence-corrected chi connectivity index (χ0v) is 14.7. The molecule has 2 aromatic carbocycles. The van der Waals surface area contributed by atoms with Crippen molar-refractivity contribution in [3.63, 3.8) is 0 Å². The largest absolute Gasteiger partial charge is 0.465 e. The summed E-state index contributed by atoms with van der Waals surface area (Å²) < 4.78 is 17.7. The number of anilines is 1. The van der Waals surface area contributed by atoms with Crippen LogP contribution in [0.4, 0.5) is 10.1 Å². The lowest BCUT2D eigenvalue weighted by molar-refractivity contribution is 0.0600. The predicted molar refractivity (Wildman–Crippen MR) is 97.9 cm³/mol. The van der Waals surface area contributed by atoms with Crippen molar-refractivity contribution in [1.82, 2.24) is 9.97 Å². The Morgan fingerprint density at radius 1 is 1.04 bits per heavy atom. The Morgan fingerprint density at radius 2 is 1.70 bits per heavy atom. The number of aromatic nitrogens is 2. The van der Waals surface area contributed by atoms with Crippen molar-refractivity contribution in [3.8, 4) is 11.4 Å². The van der Waals surface area contributed by atoms with Crippen LogP contribution in [0.5, 0.6) is 0 Å². The van der Waals surface area contributed by atoms with Gasteiger partial charge in [0.1, 0.15) is 5.82 Å². The third-order valence-electron chi connectivity index (χ3n) is 3.89. The van der Waals surface area contributed by atoms with Gasteiger partial charge >= 0.3 is 5.97 Å². The van der Waals surface area contributed by atoms with Crippen LogP contribution in [0.2, 0.25) is 0 Å². The van der Waals surface area contributed by atoms with Gasteiger partial charge in [0.25, 0.3) is 5.91 Å². The second-order valence-electron chi connectivity index (χ2n) is 5.72. The maximum atomic E-state index is 13.0. The predicted octanol–water partition coefficient (Wildman–Crippen LogP) is 3.63. The number of hydrogen-bond acceptors (Lipinski definition) is 5. The van der Waals surface area contributed by atoms with Crippen LogP contribution in [-0.4, -0.2) is 29.0 Å². The maximum absolute atomic E-state index is 13.0. The van der Waals surface area contributed by atoms with E-state index in [0.717, 1.165) is 0 Å². The Kier molecular flexibility index (Phi) is 5.21. The van der Waals surface area contributed by atoms with Gasteiger partial charge in [-0.3, -0.25) is 4.79 Å². The summed E-state index contributed by atoms with van der Waals surface area (Å²) in [5.41, 5.74) is 2.38. The fourth-order valence-electron chi connectivity index (χ4n) is 2.43. The highest BCUT2D eigenvalue weighted by atomic mass is 19.1. The van der Waals surface area contributed by atoms with Crippen LogP contribution in [0.25, 0.3) is 11.4 Å². The summed E-state index contributed by atoms with van der Waals surface area (Å²) in [7, 11) is 1.30. The van der Waals surface area contributed by atoms with Gasteiger partial charge in [-0.15, -0.1) is 0 Å². The van der Waals surface area contributed by atoms with Gasteiger partial charge in [0.2, 0.25) is 0 Å². The van der Waals surface area contributed by atoms with E-state index in [1.165, 1.54) is 25.4 Å². The molecule has 3 aromatic rings. The van der Waals surface area contributed by atoms with Crippen LogP contribution in [-0.2, 0) is 4.74 Å². The molecule has 1 amide bonds. The molecule has 0 saturated heterocycles. The van der Waals surface area contributed by atoms with E-state index in [4.69, 9.17) is 0 Å². The number of methoxy groups -OCH3 is 1. The maximum Gasteiger partial charge on any atom is 0.337 e. The van der Waals surface area contributed by atoms with Crippen molar-refractivity contribution < 1.29 is 18.7 Å². The van der Waals surface area contributed by atoms with E-state index < -0.39 is 5.97 Å². The van der Waals surface area contributed by atoms with E-state index in [1.54, 1.807) is 43.3 Å². The molecular weight excluding hydrogens is 349 g/mol. The first-order valence-electron chi connectivity index (χ1n) is 8.07. The highest BCUT2D eigenvalue weighted by molar-refractivity contribution is 6.05. The molecule has 0 aliphatic carbocycles. The van der Waals surface area contributed by atoms with Gasteiger partial charge in [0, 0.05) is 17.4 Å². The van der Waals surface area contributed by atoms with Gasteiger partial charge in [-0.2, -0.15) is 0 Å². The van der Waals surface area contributed by atoms with Gasteiger partial charge < -0.3 is 10.1 Å². The average Bonchev–Trinajstić information content (AvgIpc) is 2.68. The molecule has 6 nitrogen and oxygen atoms in total. The first kappa shape index (κ1) is 18.2. The lowest BCUT2D eigenvalue weighted by Crippen LogP contribution is -2.15. The molecule has 0 aliphatic heterocycles. The fraction of sp³-hybridized carbons (Fsp3) is 0.100. The highest BCUT2D eigenvalue weighted by Gasteiger charge is 2.13. The number of esters is 1. The molecule has 1 N–H and O–H groups in total. The third kappa shape index (κ3) is 4.14. The van der Waals surface area contributed by atoms with E-state index in [2.05, 4.69) is 20.0 Å². The van der Waals surface area contributed by atoms with E-state index in [-0.39, 0.29) is 11.7 Å². The topological polar surface area (TPSA) is 81.2 Å². The summed E-state index contributed by atoms with van der Waals surface area (Å²) in [6.07, 6.45) is 1.43. The first-order valence-corrected chi connectivity index (χ1v) is 8.07.